The second-order valence-corrected chi connectivity index (χ2v) is 7.82. The molecule has 0 saturated carbocycles. The molecule has 0 bridgehead atoms. The van der Waals surface area contributed by atoms with Crippen LogP contribution in [0.5, 0.6) is 0 Å². The SMILES string of the molecule is CCCNC(C1CCOCC1)C1CCS(=O)(=O)C1. The standard InChI is InChI=1S/C13H25NO3S/c1-2-6-14-13(11-3-7-17-8-4-11)12-5-9-18(15,16)10-12/h11-14H,2-10H2,1H3. The fraction of sp³-hybridized carbons (Fsp3) is 1.00. The van der Waals surface area contributed by atoms with Crippen LogP contribution in [0.15, 0.2) is 0 Å². The lowest BCUT2D eigenvalue weighted by atomic mass is 9.83. The first-order valence-electron chi connectivity index (χ1n) is 7.14. The molecule has 2 unspecified atom stereocenters. The van der Waals surface area contributed by atoms with E-state index in [0.717, 1.165) is 45.4 Å². The number of ether oxygens (including phenoxy) is 1. The van der Waals surface area contributed by atoms with Gasteiger partial charge in [0.2, 0.25) is 0 Å². The lowest BCUT2D eigenvalue weighted by molar-refractivity contribution is 0.0463. The largest absolute Gasteiger partial charge is 0.381 e. The Hall–Kier alpha value is -0.130. The zero-order valence-electron chi connectivity index (χ0n) is 11.2. The van der Waals surface area contributed by atoms with Crippen molar-refractivity contribution in [2.24, 2.45) is 11.8 Å². The van der Waals surface area contributed by atoms with Gasteiger partial charge >= 0.3 is 0 Å². The van der Waals surface area contributed by atoms with Gasteiger partial charge in [0.15, 0.2) is 9.84 Å². The van der Waals surface area contributed by atoms with Gasteiger partial charge in [-0.25, -0.2) is 8.42 Å². The Bertz CT molecular complexity index is 349. The number of sulfone groups is 1. The van der Waals surface area contributed by atoms with E-state index in [1.807, 2.05) is 0 Å². The van der Waals surface area contributed by atoms with Crippen LogP contribution in [0, 0.1) is 11.8 Å². The van der Waals surface area contributed by atoms with Crippen molar-refractivity contribution in [2.75, 3.05) is 31.3 Å². The Morgan fingerprint density at radius 1 is 1.22 bits per heavy atom. The molecular weight excluding hydrogens is 250 g/mol. The van der Waals surface area contributed by atoms with Crippen LogP contribution in [0.1, 0.15) is 32.6 Å². The van der Waals surface area contributed by atoms with Crippen molar-refractivity contribution in [2.45, 2.75) is 38.6 Å². The quantitative estimate of drug-likeness (QED) is 0.819. The van der Waals surface area contributed by atoms with Gasteiger partial charge in [0.1, 0.15) is 0 Å². The van der Waals surface area contributed by atoms with Gasteiger partial charge in [0.25, 0.3) is 0 Å². The Kier molecular flexibility index (Phi) is 5.04. The molecule has 5 heteroatoms. The molecule has 106 valence electrons. The maximum Gasteiger partial charge on any atom is 0.150 e. The normalized spacial score (nSPS) is 30.4. The van der Waals surface area contributed by atoms with Crippen LogP contribution >= 0.6 is 0 Å². The minimum Gasteiger partial charge on any atom is -0.381 e. The van der Waals surface area contributed by atoms with Crippen LogP contribution in [-0.2, 0) is 14.6 Å². The van der Waals surface area contributed by atoms with Crippen LogP contribution in [-0.4, -0.2) is 45.7 Å². The zero-order chi connectivity index (χ0) is 13.0. The first-order chi connectivity index (χ1) is 8.62. The molecule has 0 radical (unpaired) electrons. The van der Waals surface area contributed by atoms with E-state index in [1.54, 1.807) is 0 Å². The van der Waals surface area contributed by atoms with Crippen molar-refractivity contribution >= 4 is 9.84 Å². The van der Waals surface area contributed by atoms with Crippen LogP contribution < -0.4 is 5.32 Å². The topological polar surface area (TPSA) is 55.4 Å². The second-order valence-electron chi connectivity index (χ2n) is 5.59. The number of hydrogen-bond donors (Lipinski definition) is 1. The van der Waals surface area contributed by atoms with E-state index in [2.05, 4.69) is 12.2 Å². The maximum absolute atomic E-state index is 11.6. The average Bonchev–Trinajstić information content (AvgIpc) is 2.72. The van der Waals surface area contributed by atoms with E-state index >= 15 is 0 Å². The molecule has 2 rings (SSSR count). The number of hydrogen-bond acceptors (Lipinski definition) is 4. The van der Waals surface area contributed by atoms with Crippen LogP contribution in [0.25, 0.3) is 0 Å². The van der Waals surface area contributed by atoms with E-state index in [4.69, 9.17) is 4.74 Å². The fourth-order valence-electron chi connectivity index (χ4n) is 3.21. The third-order valence-corrected chi connectivity index (χ3v) is 5.97. The minimum absolute atomic E-state index is 0.310. The van der Waals surface area contributed by atoms with E-state index in [0.29, 0.717) is 29.4 Å². The molecular formula is C13H25NO3S. The van der Waals surface area contributed by atoms with Crippen molar-refractivity contribution in [3.05, 3.63) is 0 Å². The van der Waals surface area contributed by atoms with E-state index in [9.17, 15) is 8.42 Å². The highest BCUT2D eigenvalue weighted by Crippen LogP contribution is 2.30. The summed E-state index contributed by atoms with van der Waals surface area (Å²) in [6, 6.07) is 0.367. The monoisotopic (exact) mass is 275 g/mol. The summed E-state index contributed by atoms with van der Waals surface area (Å²) in [4.78, 5) is 0. The van der Waals surface area contributed by atoms with Gasteiger partial charge in [-0.15, -0.1) is 0 Å². The summed E-state index contributed by atoms with van der Waals surface area (Å²) >= 11 is 0. The lowest BCUT2D eigenvalue weighted by Crippen LogP contribution is -2.45. The fourth-order valence-corrected chi connectivity index (χ4v) is 5.07. The molecule has 0 aliphatic carbocycles. The summed E-state index contributed by atoms with van der Waals surface area (Å²) in [5.41, 5.74) is 0. The molecule has 4 nitrogen and oxygen atoms in total. The molecule has 0 amide bonds. The van der Waals surface area contributed by atoms with Crippen molar-refractivity contribution in [1.82, 2.24) is 5.32 Å². The molecule has 1 N–H and O–H groups in total. The molecule has 2 atom stereocenters. The smallest absolute Gasteiger partial charge is 0.150 e. The average molecular weight is 275 g/mol. The molecule has 2 saturated heterocycles. The molecule has 2 aliphatic rings. The van der Waals surface area contributed by atoms with Gasteiger partial charge < -0.3 is 10.1 Å². The number of rotatable bonds is 5. The molecule has 0 aromatic carbocycles. The summed E-state index contributed by atoms with van der Waals surface area (Å²) in [5.74, 6) is 1.66. The molecule has 2 fully saturated rings. The van der Waals surface area contributed by atoms with Gasteiger partial charge in [-0.1, -0.05) is 6.92 Å². The zero-order valence-corrected chi connectivity index (χ0v) is 12.0. The van der Waals surface area contributed by atoms with Crippen molar-refractivity contribution in [1.29, 1.82) is 0 Å². The summed E-state index contributed by atoms with van der Waals surface area (Å²) < 4.78 is 28.7. The summed E-state index contributed by atoms with van der Waals surface area (Å²) in [5, 5.41) is 3.60. The molecule has 2 aliphatic heterocycles. The van der Waals surface area contributed by atoms with Crippen molar-refractivity contribution < 1.29 is 13.2 Å². The first kappa shape index (κ1) is 14.3. The maximum atomic E-state index is 11.6. The highest BCUT2D eigenvalue weighted by Gasteiger charge is 2.37. The highest BCUT2D eigenvalue weighted by atomic mass is 32.2. The van der Waals surface area contributed by atoms with Crippen LogP contribution in [0.3, 0.4) is 0 Å². The highest BCUT2D eigenvalue weighted by molar-refractivity contribution is 7.91. The van der Waals surface area contributed by atoms with Gasteiger partial charge in [-0.3, -0.25) is 0 Å². The van der Waals surface area contributed by atoms with E-state index < -0.39 is 9.84 Å². The third-order valence-electron chi connectivity index (χ3n) is 4.18. The lowest BCUT2D eigenvalue weighted by Gasteiger charge is -2.34. The summed E-state index contributed by atoms with van der Waals surface area (Å²) in [7, 11) is -2.78. The van der Waals surface area contributed by atoms with Crippen LogP contribution in [0.4, 0.5) is 0 Å². The van der Waals surface area contributed by atoms with Crippen LogP contribution in [0.2, 0.25) is 0 Å². The molecule has 18 heavy (non-hydrogen) atoms. The predicted molar refractivity (Wildman–Crippen MR) is 72.4 cm³/mol. The summed E-state index contributed by atoms with van der Waals surface area (Å²) in [6.45, 7) is 4.79. The van der Waals surface area contributed by atoms with Gasteiger partial charge in [0.05, 0.1) is 11.5 Å². The van der Waals surface area contributed by atoms with Gasteiger partial charge in [-0.2, -0.15) is 0 Å². The number of nitrogens with one attached hydrogen (secondary N) is 1. The Labute approximate surface area is 110 Å². The van der Waals surface area contributed by atoms with Crippen molar-refractivity contribution in [3.8, 4) is 0 Å². The molecule has 2 heterocycles. The van der Waals surface area contributed by atoms with Gasteiger partial charge in [0, 0.05) is 19.3 Å². The Morgan fingerprint density at radius 3 is 2.50 bits per heavy atom. The first-order valence-corrected chi connectivity index (χ1v) is 8.96. The second kappa shape index (κ2) is 6.35. The molecule has 0 aromatic heterocycles. The minimum atomic E-state index is -2.78. The van der Waals surface area contributed by atoms with E-state index in [-0.39, 0.29) is 0 Å². The Morgan fingerprint density at radius 2 is 1.94 bits per heavy atom. The molecule has 0 aromatic rings. The van der Waals surface area contributed by atoms with Crippen molar-refractivity contribution in [3.63, 3.8) is 0 Å². The molecule has 0 spiro atoms. The van der Waals surface area contributed by atoms with E-state index in [1.165, 1.54) is 0 Å². The third kappa shape index (κ3) is 3.68. The Balaban J connectivity index is 1.99. The predicted octanol–water partition coefficient (Wildman–Crippen LogP) is 1.22. The summed E-state index contributed by atoms with van der Waals surface area (Å²) in [6.07, 6.45) is 4.07. The van der Waals surface area contributed by atoms with Gasteiger partial charge in [-0.05, 0) is 44.1 Å².